The predicted octanol–water partition coefficient (Wildman–Crippen LogP) is 3.15. The molecule has 0 aliphatic heterocycles. The summed E-state index contributed by atoms with van der Waals surface area (Å²) < 4.78 is 5.67. The molecule has 118 valence electrons. The molecular weight excluding hydrogens is 282 g/mol. The van der Waals surface area contributed by atoms with Crippen molar-refractivity contribution in [2.45, 2.75) is 39.2 Å². The first-order valence-corrected chi connectivity index (χ1v) is 7.45. The summed E-state index contributed by atoms with van der Waals surface area (Å²) in [5.41, 5.74) is 0.717. The average Bonchev–Trinajstić information content (AvgIpc) is 2.94. The number of hydrogen-bond acceptors (Lipinski definition) is 3. The molecule has 0 spiro atoms. The standard InChI is InChI=1S/C17H21NO4/c1-4-10(2)15(17(20)21)18-16(19)11(3)14-9-12-7-5-6-8-13(12)22-14/h5-11,15H,4H2,1-3H3,(H,18,19)(H,20,21). The van der Waals surface area contributed by atoms with Crippen LogP contribution >= 0.6 is 0 Å². The summed E-state index contributed by atoms with van der Waals surface area (Å²) in [7, 11) is 0. The Morgan fingerprint density at radius 3 is 2.55 bits per heavy atom. The van der Waals surface area contributed by atoms with Gasteiger partial charge in [-0.3, -0.25) is 4.79 Å². The molecule has 2 aromatic rings. The molecule has 0 bridgehead atoms. The molecule has 0 radical (unpaired) electrons. The van der Waals surface area contributed by atoms with Crippen LogP contribution in [0.5, 0.6) is 0 Å². The molecular formula is C17H21NO4. The molecule has 3 atom stereocenters. The van der Waals surface area contributed by atoms with Gasteiger partial charge in [0.15, 0.2) is 0 Å². The zero-order chi connectivity index (χ0) is 16.3. The summed E-state index contributed by atoms with van der Waals surface area (Å²) in [6.07, 6.45) is 0.677. The van der Waals surface area contributed by atoms with Crippen LogP contribution in [0.15, 0.2) is 34.7 Å². The van der Waals surface area contributed by atoms with Gasteiger partial charge in [-0.2, -0.15) is 0 Å². The Kier molecular flexibility index (Phi) is 4.85. The molecule has 3 unspecified atom stereocenters. The molecule has 1 heterocycles. The van der Waals surface area contributed by atoms with E-state index in [1.165, 1.54) is 0 Å². The quantitative estimate of drug-likeness (QED) is 0.859. The van der Waals surface area contributed by atoms with Gasteiger partial charge in [0, 0.05) is 5.39 Å². The average molecular weight is 303 g/mol. The van der Waals surface area contributed by atoms with E-state index < -0.39 is 17.9 Å². The lowest BCUT2D eigenvalue weighted by Crippen LogP contribution is -2.46. The topological polar surface area (TPSA) is 79.5 Å². The van der Waals surface area contributed by atoms with Crippen molar-refractivity contribution in [3.05, 3.63) is 36.1 Å². The van der Waals surface area contributed by atoms with Crippen LogP contribution in [0, 0.1) is 5.92 Å². The molecule has 0 fully saturated rings. The third-order valence-corrected chi connectivity index (χ3v) is 4.04. The molecule has 2 rings (SSSR count). The minimum absolute atomic E-state index is 0.135. The first-order chi connectivity index (χ1) is 10.4. The summed E-state index contributed by atoms with van der Waals surface area (Å²) in [4.78, 5) is 23.6. The number of carboxylic acid groups (broad SMARTS) is 1. The fourth-order valence-electron chi connectivity index (χ4n) is 2.31. The van der Waals surface area contributed by atoms with Crippen molar-refractivity contribution in [2.24, 2.45) is 5.92 Å². The number of carboxylic acids is 1. The first kappa shape index (κ1) is 16.1. The van der Waals surface area contributed by atoms with E-state index in [1.807, 2.05) is 44.2 Å². The molecule has 5 heteroatoms. The van der Waals surface area contributed by atoms with Gasteiger partial charge in [-0.05, 0) is 25.0 Å². The number of rotatable bonds is 6. The fraction of sp³-hybridized carbons (Fsp3) is 0.412. The Morgan fingerprint density at radius 2 is 1.95 bits per heavy atom. The van der Waals surface area contributed by atoms with Crippen LogP contribution in [0.3, 0.4) is 0 Å². The number of hydrogen-bond donors (Lipinski definition) is 2. The number of furan rings is 1. The van der Waals surface area contributed by atoms with Gasteiger partial charge in [-0.25, -0.2) is 4.79 Å². The largest absolute Gasteiger partial charge is 0.480 e. The number of carbonyl (C=O) groups is 2. The lowest BCUT2D eigenvalue weighted by molar-refractivity contribution is -0.143. The van der Waals surface area contributed by atoms with Crippen molar-refractivity contribution < 1.29 is 19.1 Å². The second-order valence-electron chi connectivity index (χ2n) is 5.62. The van der Waals surface area contributed by atoms with E-state index >= 15 is 0 Å². The second kappa shape index (κ2) is 6.64. The van der Waals surface area contributed by atoms with Gasteiger partial charge >= 0.3 is 5.97 Å². The third kappa shape index (κ3) is 3.30. The summed E-state index contributed by atoms with van der Waals surface area (Å²) >= 11 is 0. The van der Waals surface area contributed by atoms with Crippen LogP contribution in [0.2, 0.25) is 0 Å². The predicted molar refractivity (Wildman–Crippen MR) is 83.7 cm³/mol. The number of carbonyl (C=O) groups excluding carboxylic acids is 1. The molecule has 0 aliphatic rings. The van der Waals surface area contributed by atoms with Gasteiger partial charge in [0.2, 0.25) is 5.91 Å². The normalized spacial score (nSPS) is 15.2. The highest BCUT2D eigenvalue weighted by Crippen LogP contribution is 2.25. The molecule has 22 heavy (non-hydrogen) atoms. The van der Waals surface area contributed by atoms with Crippen molar-refractivity contribution in [3.63, 3.8) is 0 Å². The highest BCUT2D eigenvalue weighted by Gasteiger charge is 2.28. The maximum Gasteiger partial charge on any atom is 0.326 e. The van der Waals surface area contributed by atoms with Crippen molar-refractivity contribution in [2.75, 3.05) is 0 Å². The van der Waals surface area contributed by atoms with Gasteiger partial charge in [-0.1, -0.05) is 38.5 Å². The molecule has 1 aromatic carbocycles. The second-order valence-corrected chi connectivity index (χ2v) is 5.62. The SMILES string of the molecule is CCC(C)C(NC(=O)C(C)c1cc2ccccc2o1)C(=O)O. The number of fused-ring (bicyclic) bond motifs is 1. The Balaban J connectivity index is 2.15. The summed E-state index contributed by atoms with van der Waals surface area (Å²) in [6, 6.07) is 8.44. The van der Waals surface area contributed by atoms with Gasteiger partial charge in [0.05, 0.1) is 5.92 Å². The fourth-order valence-corrected chi connectivity index (χ4v) is 2.31. The van der Waals surface area contributed by atoms with Crippen molar-refractivity contribution in [3.8, 4) is 0 Å². The maximum atomic E-state index is 12.3. The first-order valence-electron chi connectivity index (χ1n) is 7.45. The minimum Gasteiger partial charge on any atom is -0.480 e. The van der Waals surface area contributed by atoms with Crippen molar-refractivity contribution >= 4 is 22.8 Å². The number of amides is 1. The molecule has 0 saturated carbocycles. The monoisotopic (exact) mass is 303 g/mol. The number of aliphatic carboxylic acids is 1. The highest BCUT2D eigenvalue weighted by molar-refractivity contribution is 5.88. The number of benzene rings is 1. The molecule has 2 N–H and O–H groups in total. The molecule has 5 nitrogen and oxygen atoms in total. The number of para-hydroxylation sites is 1. The Labute approximate surface area is 129 Å². The third-order valence-electron chi connectivity index (χ3n) is 4.04. The minimum atomic E-state index is -1.01. The lowest BCUT2D eigenvalue weighted by Gasteiger charge is -2.21. The summed E-state index contributed by atoms with van der Waals surface area (Å²) in [6.45, 7) is 5.42. The van der Waals surface area contributed by atoms with Gasteiger partial charge < -0.3 is 14.8 Å². The molecule has 1 aromatic heterocycles. The summed E-state index contributed by atoms with van der Waals surface area (Å²) in [5.74, 6) is -1.50. The van der Waals surface area contributed by atoms with Gasteiger partial charge in [-0.15, -0.1) is 0 Å². The van der Waals surface area contributed by atoms with Crippen LogP contribution in [0.4, 0.5) is 0 Å². The van der Waals surface area contributed by atoms with Crippen LogP contribution in [-0.2, 0) is 9.59 Å². The van der Waals surface area contributed by atoms with E-state index in [9.17, 15) is 14.7 Å². The van der Waals surface area contributed by atoms with E-state index in [0.29, 0.717) is 17.8 Å². The highest BCUT2D eigenvalue weighted by atomic mass is 16.4. The van der Waals surface area contributed by atoms with E-state index in [0.717, 1.165) is 5.39 Å². The Hall–Kier alpha value is -2.30. The molecule has 0 aliphatic carbocycles. The smallest absolute Gasteiger partial charge is 0.326 e. The van der Waals surface area contributed by atoms with E-state index in [-0.39, 0.29) is 11.8 Å². The van der Waals surface area contributed by atoms with Crippen LogP contribution < -0.4 is 5.32 Å². The van der Waals surface area contributed by atoms with Gasteiger partial charge in [0.1, 0.15) is 17.4 Å². The molecule has 0 saturated heterocycles. The van der Waals surface area contributed by atoms with Crippen LogP contribution in [0.1, 0.15) is 38.9 Å². The van der Waals surface area contributed by atoms with E-state index in [4.69, 9.17) is 4.42 Å². The van der Waals surface area contributed by atoms with Crippen molar-refractivity contribution in [1.82, 2.24) is 5.32 Å². The zero-order valence-electron chi connectivity index (χ0n) is 13.0. The maximum absolute atomic E-state index is 12.3. The van der Waals surface area contributed by atoms with Crippen molar-refractivity contribution in [1.29, 1.82) is 0 Å². The zero-order valence-corrected chi connectivity index (χ0v) is 13.0. The Bertz CT molecular complexity index is 643. The van der Waals surface area contributed by atoms with Gasteiger partial charge in [0.25, 0.3) is 0 Å². The number of nitrogens with one attached hydrogen (secondary N) is 1. The lowest BCUT2D eigenvalue weighted by atomic mass is 9.98. The molecule has 1 amide bonds. The van der Waals surface area contributed by atoms with Crippen LogP contribution in [-0.4, -0.2) is 23.0 Å². The summed E-state index contributed by atoms with van der Waals surface area (Å²) in [5, 5.41) is 12.8. The van der Waals surface area contributed by atoms with Crippen LogP contribution in [0.25, 0.3) is 11.0 Å². The van der Waals surface area contributed by atoms with E-state index in [1.54, 1.807) is 6.92 Å². The Morgan fingerprint density at radius 1 is 1.27 bits per heavy atom. The van der Waals surface area contributed by atoms with E-state index in [2.05, 4.69) is 5.32 Å².